The second kappa shape index (κ2) is 9.04. The van der Waals surface area contributed by atoms with Crippen LogP contribution >= 0.6 is 0 Å². The highest BCUT2D eigenvalue weighted by Crippen LogP contribution is 2.44. The van der Waals surface area contributed by atoms with Crippen molar-refractivity contribution in [1.29, 1.82) is 0 Å². The molecule has 1 unspecified atom stereocenters. The summed E-state index contributed by atoms with van der Waals surface area (Å²) >= 11 is 0. The van der Waals surface area contributed by atoms with E-state index in [1.54, 1.807) is 0 Å². The Morgan fingerprint density at radius 2 is 1.52 bits per heavy atom. The number of aliphatic carboxylic acids is 1. The van der Waals surface area contributed by atoms with Crippen LogP contribution in [0.3, 0.4) is 0 Å². The average molecular weight is 415 g/mol. The lowest BCUT2D eigenvalue weighted by molar-refractivity contribution is -0.137. The lowest BCUT2D eigenvalue weighted by atomic mass is 9.98. The van der Waals surface area contributed by atoms with E-state index in [9.17, 15) is 14.7 Å². The molecule has 1 atom stereocenters. The normalized spacial score (nSPS) is 13.2. The molecule has 3 aromatic rings. The molecule has 0 fully saturated rings. The maximum atomic E-state index is 12.6. The highest BCUT2D eigenvalue weighted by atomic mass is 16.5. The minimum atomic E-state index is -0.961. The van der Waals surface area contributed by atoms with Gasteiger partial charge in [0, 0.05) is 12.0 Å². The van der Waals surface area contributed by atoms with Crippen molar-refractivity contribution in [2.24, 2.45) is 0 Å². The largest absolute Gasteiger partial charge is 0.481 e. The number of rotatable bonds is 7. The Kier molecular flexibility index (Phi) is 6.03. The number of fused-ring (bicyclic) bond motifs is 3. The number of nitrogens with one attached hydrogen (secondary N) is 1. The monoisotopic (exact) mass is 415 g/mol. The molecule has 1 aliphatic carbocycles. The topological polar surface area (TPSA) is 75.6 Å². The van der Waals surface area contributed by atoms with Crippen LogP contribution in [0.5, 0.6) is 0 Å². The summed E-state index contributed by atoms with van der Waals surface area (Å²) < 4.78 is 5.58. The van der Waals surface area contributed by atoms with E-state index < -0.39 is 18.1 Å². The van der Waals surface area contributed by atoms with Crippen LogP contribution in [0, 0.1) is 6.92 Å². The first-order valence-corrected chi connectivity index (χ1v) is 10.4. The Bertz CT molecular complexity index is 1060. The van der Waals surface area contributed by atoms with E-state index in [1.807, 2.05) is 55.5 Å². The summed E-state index contributed by atoms with van der Waals surface area (Å²) in [6.07, 6.45) is -0.330. The summed E-state index contributed by atoms with van der Waals surface area (Å²) in [6, 6.07) is 23.5. The molecule has 1 amide bonds. The van der Waals surface area contributed by atoms with Gasteiger partial charge in [0.15, 0.2) is 0 Å². The maximum Gasteiger partial charge on any atom is 0.407 e. The van der Waals surface area contributed by atoms with Gasteiger partial charge < -0.3 is 15.2 Å². The molecule has 2 N–H and O–H groups in total. The van der Waals surface area contributed by atoms with E-state index in [1.165, 1.54) is 0 Å². The van der Waals surface area contributed by atoms with Crippen molar-refractivity contribution in [2.45, 2.75) is 31.7 Å². The van der Waals surface area contributed by atoms with E-state index in [2.05, 4.69) is 29.6 Å². The van der Waals surface area contributed by atoms with Crippen LogP contribution in [-0.2, 0) is 16.0 Å². The molecular weight excluding hydrogens is 390 g/mol. The number of carboxylic acid groups (broad SMARTS) is 1. The minimum Gasteiger partial charge on any atom is -0.481 e. The van der Waals surface area contributed by atoms with Gasteiger partial charge in [-0.25, -0.2) is 4.79 Å². The molecule has 158 valence electrons. The Morgan fingerprint density at radius 3 is 2.13 bits per heavy atom. The van der Waals surface area contributed by atoms with Crippen molar-refractivity contribution in [3.8, 4) is 11.1 Å². The van der Waals surface area contributed by atoms with E-state index in [0.29, 0.717) is 6.42 Å². The van der Waals surface area contributed by atoms with Crippen LogP contribution < -0.4 is 5.32 Å². The van der Waals surface area contributed by atoms with E-state index in [0.717, 1.165) is 33.4 Å². The van der Waals surface area contributed by atoms with E-state index in [4.69, 9.17) is 4.74 Å². The molecule has 5 heteroatoms. The van der Waals surface area contributed by atoms with Crippen LogP contribution in [0.4, 0.5) is 4.79 Å². The third-order valence-electron chi connectivity index (χ3n) is 5.81. The number of alkyl carbamates (subject to hydrolysis) is 1. The Labute approximate surface area is 181 Å². The molecule has 0 bridgehead atoms. The second-order valence-electron chi connectivity index (χ2n) is 7.90. The number of carboxylic acids is 1. The standard InChI is InChI=1S/C26H25NO4/c1-17-8-2-3-9-18(17)14-19(15-25(28)29)27-26(30)31-16-24-22-12-6-4-10-20(22)21-11-5-7-13-23(21)24/h2-13,19,24H,14-16H2,1H3,(H,27,30)(H,28,29). The van der Waals surface area contributed by atoms with Gasteiger partial charge in [-0.2, -0.15) is 0 Å². The first kappa shape index (κ1) is 20.7. The van der Waals surface area contributed by atoms with Gasteiger partial charge in [0.05, 0.1) is 6.42 Å². The van der Waals surface area contributed by atoms with Gasteiger partial charge >= 0.3 is 12.1 Å². The van der Waals surface area contributed by atoms with E-state index >= 15 is 0 Å². The average Bonchev–Trinajstić information content (AvgIpc) is 3.07. The van der Waals surface area contributed by atoms with Crippen LogP contribution in [0.25, 0.3) is 11.1 Å². The quantitative estimate of drug-likeness (QED) is 0.574. The third kappa shape index (κ3) is 4.61. The summed E-state index contributed by atoms with van der Waals surface area (Å²) in [5.74, 6) is -0.995. The smallest absolute Gasteiger partial charge is 0.407 e. The number of hydrogen-bond acceptors (Lipinski definition) is 3. The summed E-state index contributed by atoms with van der Waals surface area (Å²) in [5, 5.41) is 12.0. The summed E-state index contributed by atoms with van der Waals surface area (Å²) in [6.45, 7) is 2.17. The number of carbonyl (C=O) groups is 2. The molecule has 0 aliphatic heterocycles. The third-order valence-corrected chi connectivity index (χ3v) is 5.81. The van der Waals surface area contributed by atoms with E-state index in [-0.39, 0.29) is 18.9 Å². The van der Waals surface area contributed by atoms with Gasteiger partial charge in [-0.3, -0.25) is 4.79 Å². The van der Waals surface area contributed by atoms with Crippen molar-refractivity contribution in [1.82, 2.24) is 5.32 Å². The summed E-state index contributed by atoms with van der Waals surface area (Å²) in [7, 11) is 0. The summed E-state index contributed by atoms with van der Waals surface area (Å²) in [5.41, 5.74) is 6.67. The molecule has 1 aliphatic rings. The maximum absolute atomic E-state index is 12.6. The molecule has 0 radical (unpaired) electrons. The number of hydrogen-bond donors (Lipinski definition) is 2. The summed E-state index contributed by atoms with van der Waals surface area (Å²) in [4.78, 5) is 23.9. The number of benzene rings is 3. The molecule has 0 spiro atoms. The SMILES string of the molecule is Cc1ccccc1CC(CC(=O)O)NC(=O)OCC1c2ccccc2-c2ccccc21. The molecule has 31 heavy (non-hydrogen) atoms. The number of amides is 1. The molecule has 0 aromatic heterocycles. The van der Waals surface area contributed by atoms with Gasteiger partial charge in [0.1, 0.15) is 6.61 Å². The minimum absolute atomic E-state index is 0.0348. The van der Waals surface area contributed by atoms with Crippen molar-refractivity contribution >= 4 is 12.1 Å². The Balaban J connectivity index is 1.44. The fourth-order valence-electron chi connectivity index (χ4n) is 4.30. The zero-order valence-electron chi connectivity index (χ0n) is 17.4. The van der Waals surface area contributed by atoms with Crippen LogP contribution in [-0.4, -0.2) is 29.8 Å². The van der Waals surface area contributed by atoms with Crippen molar-refractivity contribution in [3.63, 3.8) is 0 Å². The molecular formula is C26H25NO4. The highest BCUT2D eigenvalue weighted by Gasteiger charge is 2.29. The number of aryl methyl sites for hydroxylation is 1. The molecule has 4 rings (SSSR count). The van der Waals surface area contributed by atoms with Gasteiger partial charge in [0.2, 0.25) is 0 Å². The number of carbonyl (C=O) groups excluding carboxylic acids is 1. The molecule has 5 nitrogen and oxygen atoms in total. The first-order valence-electron chi connectivity index (χ1n) is 10.4. The second-order valence-corrected chi connectivity index (χ2v) is 7.90. The van der Waals surface area contributed by atoms with Crippen LogP contribution in [0.1, 0.15) is 34.6 Å². The van der Waals surface area contributed by atoms with Gasteiger partial charge in [0.25, 0.3) is 0 Å². The molecule has 0 heterocycles. The first-order chi connectivity index (χ1) is 15.0. The molecule has 3 aromatic carbocycles. The predicted molar refractivity (Wildman–Crippen MR) is 119 cm³/mol. The Hall–Kier alpha value is -3.60. The van der Waals surface area contributed by atoms with Gasteiger partial charge in [-0.05, 0) is 46.7 Å². The fourth-order valence-corrected chi connectivity index (χ4v) is 4.30. The lowest BCUT2D eigenvalue weighted by Gasteiger charge is -2.19. The molecule has 0 saturated heterocycles. The fraction of sp³-hybridized carbons (Fsp3) is 0.231. The number of ether oxygens (including phenoxy) is 1. The van der Waals surface area contributed by atoms with Crippen molar-refractivity contribution < 1.29 is 19.4 Å². The van der Waals surface area contributed by atoms with Crippen molar-refractivity contribution in [3.05, 3.63) is 95.1 Å². The van der Waals surface area contributed by atoms with Crippen molar-refractivity contribution in [2.75, 3.05) is 6.61 Å². The molecule has 0 saturated carbocycles. The van der Waals surface area contributed by atoms with Gasteiger partial charge in [-0.1, -0.05) is 72.8 Å². The zero-order valence-corrected chi connectivity index (χ0v) is 17.4. The predicted octanol–water partition coefficient (Wildman–Crippen LogP) is 4.92. The van der Waals surface area contributed by atoms with Crippen LogP contribution in [0.15, 0.2) is 72.8 Å². The Morgan fingerprint density at radius 1 is 0.935 bits per heavy atom. The lowest BCUT2D eigenvalue weighted by Crippen LogP contribution is -2.39. The highest BCUT2D eigenvalue weighted by molar-refractivity contribution is 5.79. The van der Waals surface area contributed by atoms with Crippen LogP contribution in [0.2, 0.25) is 0 Å². The van der Waals surface area contributed by atoms with Gasteiger partial charge in [-0.15, -0.1) is 0 Å². The zero-order chi connectivity index (χ0) is 21.8.